The molecule has 0 aliphatic heterocycles. The van der Waals surface area contributed by atoms with E-state index in [4.69, 9.17) is 5.11 Å². The Labute approximate surface area is 125 Å². The van der Waals surface area contributed by atoms with E-state index in [-0.39, 0.29) is 18.6 Å². The number of rotatable bonds is 5. The minimum atomic E-state index is -0.0135. The largest absolute Gasteiger partial charge is 0.395 e. The lowest BCUT2D eigenvalue weighted by Gasteiger charge is -2.24. The van der Waals surface area contributed by atoms with Gasteiger partial charge in [0, 0.05) is 30.8 Å². The third-order valence-corrected chi connectivity index (χ3v) is 3.82. The molecule has 0 aromatic heterocycles. The van der Waals surface area contributed by atoms with Gasteiger partial charge in [-0.15, -0.1) is 0 Å². The van der Waals surface area contributed by atoms with Crippen LogP contribution in [-0.2, 0) is 0 Å². The van der Waals surface area contributed by atoms with Crippen LogP contribution in [0.25, 0.3) is 0 Å². The van der Waals surface area contributed by atoms with Crippen LogP contribution in [0.4, 0.5) is 0 Å². The average molecular weight is 291 g/mol. The van der Waals surface area contributed by atoms with E-state index in [1.54, 1.807) is 22.7 Å². The molecule has 0 aliphatic rings. The summed E-state index contributed by atoms with van der Waals surface area (Å²) in [7, 11) is 1.82. The van der Waals surface area contributed by atoms with Crippen molar-refractivity contribution in [2.45, 2.75) is 19.4 Å². The van der Waals surface area contributed by atoms with Crippen LogP contribution in [0.5, 0.6) is 0 Å². The van der Waals surface area contributed by atoms with Crippen LogP contribution < -0.4 is 0 Å². The molecular formula is C16H21NO2S. The summed E-state index contributed by atoms with van der Waals surface area (Å²) in [6.45, 7) is 2.07. The highest BCUT2D eigenvalue weighted by atomic mass is 32.2. The van der Waals surface area contributed by atoms with Crippen molar-refractivity contribution >= 4 is 17.7 Å². The molecule has 1 unspecified atom stereocenters. The van der Waals surface area contributed by atoms with Gasteiger partial charge in [-0.2, -0.15) is 11.8 Å². The van der Waals surface area contributed by atoms with Crippen molar-refractivity contribution in [1.82, 2.24) is 4.90 Å². The van der Waals surface area contributed by atoms with Crippen molar-refractivity contribution < 1.29 is 9.90 Å². The number of carbonyl (C=O) groups is 1. The van der Waals surface area contributed by atoms with Crippen molar-refractivity contribution in [3.8, 4) is 11.8 Å². The highest BCUT2D eigenvalue weighted by Crippen LogP contribution is 2.13. The molecule has 1 aromatic carbocycles. The first-order valence-corrected chi connectivity index (χ1v) is 7.96. The maximum absolute atomic E-state index is 12.5. The van der Waals surface area contributed by atoms with Crippen LogP contribution in [0.15, 0.2) is 24.3 Å². The Hall–Kier alpha value is -1.44. The van der Waals surface area contributed by atoms with Gasteiger partial charge >= 0.3 is 0 Å². The molecule has 0 radical (unpaired) electrons. The first-order valence-electron chi connectivity index (χ1n) is 6.56. The van der Waals surface area contributed by atoms with Gasteiger partial charge in [-0.1, -0.05) is 24.0 Å². The number of amides is 1. The summed E-state index contributed by atoms with van der Waals surface area (Å²) in [5, 5.41) is 8.76. The lowest BCUT2D eigenvalue weighted by molar-refractivity contribution is 0.0757. The molecule has 1 atom stereocenters. The molecule has 20 heavy (non-hydrogen) atoms. The Morgan fingerprint density at radius 3 is 2.80 bits per heavy atom. The summed E-state index contributed by atoms with van der Waals surface area (Å²) < 4.78 is 0. The number of thioether (sulfide) groups is 1. The number of aliphatic hydroxyl groups excluding tert-OH is 1. The van der Waals surface area contributed by atoms with Crippen LogP contribution in [0.1, 0.15) is 29.3 Å². The third-order valence-electron chi connectivity index (χ3n) is 3.01. The Morgan fingerprint density at radius 2 is 2.15 bits per heavy atom. The van der Waals surface area contributed by atoms with Crippen molar-refractivity contribution in [2.75, 3.05) is 25.7 Å². The second kappa shape index (κ2) is 8.68. The number of hydrogen-bond donors (Lipinski definition) is 1. The Balaban J connectivity index is 2.96. The van der Waals surface area contributed by atoms with Crippen molar-refractivity contribution in [2.24, 2.45) is 0 Å². The number of hydrogen-bond acceptors (Lipinski definition) is 3. The molecule has 0 aliphatic carbocycles. The molecular weight excluding hydrogens is 270 g/mol. The van der Waals surface area contributed by atoms with Gasteiger partial charge in [-0.05, 0) is 25.3 Å². The summed E-state index contributed by atoms with van der Waals surface area (Å²) in [6, 6.07) is 7.52. The monoisotopic (exact) mass is 291 g/mol. The molecule has 3 nitrogen and oxygen atoms in total. The molecule has 4 heteroatoms. The highest BCUT2D eigenvalue weighted by molar-refractivity contribution is 7.98. The summed E-state index contributed by atoms with van der Waals surface area (Å²) in [6.07, 6.45) is 2.45. The lowest BCUT2D eigenvalue weighted by Crippen LogP contribution is -2.36. The second-order valence-corrected chi connectivity index (χ2v) is 5.45. The summed E-state index contributed by atoms with van der Waals surface area (Å²) in [5.74, 6) is 6.71. The fourth-order valence-electron chi connectivity index (χ4n) is 1.74. The molecule has 0 heterocycles. The van der Waals surface area contributed by atoms with E-state index in [9.17, 15) is 4.79 Å². The molecule has 0 spiro atoms. The van der Waals surface area contributed by atoms with Gasteiger partial charge in [0.1, 0.15) is 0 Å². The molecule has 0 fully saturated rings. The van der Waals surface area contributed by atoms with Crippen LogP contribution in [-0.4, -0.2) is 47.6 Å². The van der Waals surface area contributed by atoms with E-state index < -0.39 is 0 Å². The van der Waals surface area contributed by atoms with Gasteiger partial charge in [-0.3, -0.25) is 4.79 Å². The van der Waals surface area contributed by atoms with Crippen LogP contribution in [0, 0.1) is 11.8 Å². The molecule has 0 saturated heterocycles. The molecule has 1 rings (SSSR count). The molecule has 0 saturated carbocycles. The molecule has 0 bridgehead atoms. The summed E-state index contributed by atoms with van der Waals surface area (Å²) in [5.41, 5.74) is 1.34. The van der Waals surface area contributed by atoms with E-state index in [0.29, 0.717) is 17.5 Å². The number of nitrogens with zero attached hydrogens (tertiary/aromatic N) is 1. The minimum absolute atomic E-state index is 0.0135. The van der Waals surface area contributed by atoms with Gasteiger partial charge < -0.3 is 10.0 Å². The van der Waals surface area contributed by atoms with Gasteiger partial charge in [-0.25, -0.2) is 0 Å². The standard InChI is InChI=1S/C16H21NO2S/c1-13(12-20-3)17(2)16(19)15-10-5-4-8-14(15)9-6-7-11-18/h4-5,8,10,13,18H,7,11-12H2,1-3H3. The topological polar surface area (TPSA) is 40.5 Å². The van der Waals surface area contributed by atoms with Crippen LogP contribution in [0.3, 0.4) is 0 Å². The van der Waals surface area contributed by atoms with Gasteiger partial charge in [0.05, 0.1) is 12.2 Å². The van der Waals surface area contributed by atoms with Crippen LogP contribution in [0.2, 0.25) is 0 Å². The number of carbonyl (C=O) groups excluding carboxylic acids is 1. The normalized spacial score (nSPS) is 11.4. The zero-order valence-corrected chi connectivity index (χ0v) is 13.0. The first kappa shape index (κ1) is 16.6. The van der Waals surface area contributed by atoms with Crippen molar-refractivity contribution in [3.05, 3.63) is 35.4 Å². The highest BCUT2D eigenvalue weighted by Gasteiger charge is 2.18. The van der Waals surface area contributed by atoms with Crippen LogP contribution >= 0.6 is 11.8 Å². The summed E-state index contributed by atoms with van der Waals surface area (Å²) >= 11 is 1.72. The molecule has 1 aromatic rings. The van der Waals surface area contributed by atoms with Crippen molar-refractivity contribution in [1.29, 1.82) is 0 Å². The number of aliphatic hydroxyl groups is 1. The summed E-state index contributed by atoms with van der Waals surface area (Å²) in [4.78, 5) is 14.3. The van der Waals surface area contributed by atoms with E-state index in [0.717, 1.165) is 5.75 Å². The van der Waals surface area contributed by atoms with E-state index in [1.165, 1.54) is 0 Å². The Kier molecular flexibility index (Phi) is 7.21. The maximum Gasteiger partial charge on any atom is 0.255 e. The average Bonchev–Trinajstić information content (AvgIpc) is 2.47. The Morgan fingerprint density at radius 1 is 1.45 bits per heavy atom. The fraction of sp³-hybridized carbons (Fsp3) is 0.438. The van der Waals surface area contributed by atoms with E-state index in [2.05, 4.69) is 11.8 Å². The maximum atomic E-state index is 12.5. The van der Waals surface area contributed by atoms with Gasteiger partial charge in [0.2, 0.25) is 0 Å². The SMILES string of the molecule is CSCC(C)N(C)C(=O)c1ccccc1C#CCCO. The van der Waals surface area contributed by atoms with Crippen molar-refractivity contribution in [3.63, 3.8) is 0 Å². The number of benzene rings is 1. The second-order valence-electron chi connectivity index (χ2n) is 4.54. The van der Waals surface area contributed by atoms with Gasteiger partial charge in [0.25, 0.3) is 5.91 Å². The minimum Gasteiger partial charge on any atom is -0.395 e. The predicted octanol–water partition coefficient (Wildman–Crippen LogP) is 2.24. The smallest absolute Gasteiger partial charge is 0.255 e. The van der Waals surface area contributed by atoms with E-state index in [1.807, 2.05) is 38.4 Å². The predicted molar refractivity (Wildman–Crippen MR) is 85.0 cm³/mol. The molecule has 1 N–H and O–H groups in total. The Bertz CT molecular complexity index is 505. The third kappa shape index (κ3) is 4.59. The van der Waals surface area contributed by atoms with Gasteiger partial charge in [0.15, 0.2) is 0 Å². The first-order chi connectivity index (χ1) is 9.61. The zero-order valence-electron chi connectivity index (χ0n) is 12.2. The lowest BCUT2D eigenvalue weighted by atomic mass is 10.1. The zero-order chi connectivity index (χ0) is 15.0. The molecule has 1 amide bonds. The quantitative estimate of drug-likeness (QED) is 0.846. The van der Waals surface area contributed by atoms with E-state index >= 15 is 0 Å². The molecule has 108 valence electrons. The fourth-order valence-corrected chi connectivity index (χ4v) is 2.44.